The number of nitrogens with zero attached hydrogens (tertiary/aromatic N) is 3. The minimum absolute atomic E-state index is 0.0502. The third kappa shape index (κ3) is 4.22. The summed E-state index contributed by atoms with van der Waals surface area (Å²) in [5.41, 5.74) is 0. The zero-order chi connectivity index (χ0) is 17.0. The van der Waals surface area contributed by atoms with Gasteiger partial charge in [-0.05, 0) is 19.9 Å². The number of amides is 2. The Kier molecular flexibility index (Phi) is 5.98. The largest absolute Gasteiger partial charge is 0.469 e. The molecule has 7 nitrogen and oxygen atoms in total. The fourth-order valence-electron chi connectivity index (χ4n) is 3.23. The summed E-state index contributed by atoms with van der Waals surface area (Å²) in [5.74, 6) is -0.926. The van der Waals surface area contributed by atoms with E-state index in [9.17, 15) is 14.4 Å². The number of ether oxygens (including phenoxy) is 1. The van der Waals surface area contributed by atoms with Gasteiger partial charge in [0, 0.05) is 38.6 Å². The minimum Gasteiger partial charge on any atom is -0.469 e. The Balaban J connectivity index is 1.97. The van der Waals surface area contributed by atoms with Crippen molar-refractivity contribution < 1.29 is 19.1 Å². The van der Waals surface area contributed by atoms with Crippen LogP contribution in [0.1, 0.15) is 26.2 Å². The average molecular weight is 325 g/mol. The average Bonchev–Trinajstić information content (AvgIpc) is 3.03. The minimum atomic E-state index is -0.455. The van der Waals surface area contributed by atoms with E-state index in [1.807, 2.05) is 11.9 Å². The highest BCUT2D eigenvalue weighted by atomic mass is 16.5. The van der Waals surface area contributed by atoms with Crippen molar-refractivity contribution in [2.75, 3.05) is 46.9 Å². The van der Waals surface area contributed by atoms with Gasteiger partial charge in [0.2, 0.25) is 11.8 Å². The van der Waals surface area contributed by atoms with Crippen LogP contribution in [-0.2, 0) is 19.1 Å². The second-order valence-electron chi connectivity index (χ2n) is 6.50. The highest BCUT2D eigenvalue weighted by molar-refractivity contribution is 5.90. The van der Waals surface area contributed by atoms with Crippen LogP contribution < -0.4 is 0 Å². The number of esters is 1. The zero-order valence-electron chi connectivity index (χ0n) is 14.3. The lowest BCUT2D eigenvalue weighted by Crippen LogP contribution is -2.54. The lowest BCUT2D eigenvalue weighted by molar-refractivity contribution is -0.149. The monoisotopic (exact) mass is 325 g/mol. The molecule has 2 heterocycles. The first-order valence-corrected chi connectivity index (χ1v) is 8.28. The molecule has 2 aliphatic rings. The molecule has 23 heavy (non-hydrogen) atoms. The number of likely N-dealkylation sites (tertiary alicyclic amines) is 1. The number of carbonyl (C=O) groups is 3. The van der Waals surface area contributed by atoms with Crippen molar-refractivity contribution in [2.45, 2.75) is 32.2 Å². The molecule has 0 N–H and O–H groups in total. The maximum absolute atomic E-state index is 12.7. The van der Waals surface area contributed by atoms with E-state index in [4.69, 9.17) is 0 Å². The zero-order valence-corrected chi connectivity index (χ0v) is 14.3. The summed E-state index contributed by atoms with van der Waals surface area (Å²) in [6.07, 6.45) is 1.60. The standard InChI is InChI=1S/C16H27N3O4/c1-12(11-14(20)23-3)15(21)19-6-4-5-13(19)16(22)18-9-7-17(2)8-10-18/h12-13H,4-11H2,1-3H3/t12-,13-/m1/s1. The third-order valence-electron chi connectivity index (χ3n) is 4.76. The molecule has 0 aromatic rings. The first kappa shape index (κ1) is 17.7. The molecule has 0 saturated carbocycles. The van der Waals surface area contributed by atoms with Gasteiger partial charge in [0.1, 0.15) is 6.04 Å². The van der Waals surface area contributed by atoms with Gasteiger partial charge in [0.25, 0.3) is 0 Å². The molecule has 2 atom stereocenters. The molecule has 2 saturated heterocycles. The Bertz CT molecular complexity index is 460. The highest BCUT2D eigenvalue weighted by Crippen LogP contribution is 2.23. The third-order valence-corrected chi connectivity index (χ3v) is 4.76. The number of piperazine rings is 1. The van der Waals surface area contributed by atoms with Crippen LogP contribution in [0.5, 0.6) is 0 Å². The lowest BCUT2D eigenvalue weighted by atomic mass is 10.1. The van der Waals surface area contributed by atoms with Crippen molar-refractivity contribution in [2.24, 2.45) is 5.92 Å². The summed E-state index contributed by atoms with van der Waals surface area (Å²) in [4.78, 5) is 42.4. The predicted molar refractivity (Wildman–Crippen MR) is 84.6 cm³/mol. The van der Waals surface area contributed by atoms with E-state index in [0.717, 1.165) is 19.5 Å². The van der Waals surface area contributed by atoms with Gasteiger partial charge in [-0.1, -0.05) is 6.92 Å². The first-order valence-electron chi connectivity index (χ1n) is 8.28. The van der Waals surface area contributed by atoms with Gasteiger partial charge in [-0.2, -0.15) is 0 Å². The SMILES string of the molecule is COC(=O)C[C@@H](C)C(=O)N1CCC[C@@H]1C(=O)N1CCN(C)CC1. The van der Waals surface area contributed by atoms with Crippen LogP contribution in [0, 0.1) is 5.92 Å². The first-order chi connectivity index (χ1) is 10.9. The fourth-order valence-corrected chi connectivity index (χ4v) is 3.23. The molecular weight excluding hydrogens is 298 g/mol. The molecular formula is C16H27N3O4. The van der Waals surface area contributed by atoms with Crippen LogP contribution in [0.15, 0.2) is 0 Å². The van der Waals surface area contributed by atoms with Gasteiger partial charge in [-0.25, -0.2) is 0 Å². The van der Waals surface area contributed by atoms with E-state index in [1.54, 1.807) is 11.8 Å². The number of rotatable bonds is 4. The molecule has 0 unspecified atom stereocenters. The molecule has 0 radical (unpaired) electrons. The maximum atomic E-state index is 12.7. The summed E-state index contributed by atoms with van der Waals surface area (Å²) < 4.78 is 4.62. The molecule has 0 aromatic heterocycles. The molecule has 7 heteroatoms. The molecule has 130 valence electrons. The Morgan fingerprint density at radius 3 is 2.39 bits per heavy atom. The molecule has 0 aliphatic carbocycles. The van der Waals surface area contributed by atoms with E-state index >= 15 is 0 Å². The Morgan fingerprint density at radius 1 is 1.13 bits per heavy atom. The van der Waals surface area contributed by atoms with Gasteiger partial charge in [-0.3, -0.25) is 14.4 Å². The van der Waals surface area contributed by atoms with E-state index in [0.29, 0.717) is 26.1 Å². The fraction of sp³-hybridized carbons (Fsp3) is 0.812. The molecule has 2 aliphatic heterocycles. The quantitative estimate of drug-likeness (QED) is 0.678. The van der Waals surface area contributed by atoms with Crippen LogP contribution in [-0.4, -0.2) is 85.4 Å². The van der Waals surface area contributed by atoms with Crippen molar-refractivity contribution in [3.63, 3.8) is 0 Å². The smallest absolute Gasteiger partial charge is 0.306 e. The maximum Gasteiger partial charge on any atom is 0.306 e. The number of hydrogen-bond donors (Lipinski definition) is 0. The molecule has 2 amide bonds. The molecule has 2 rings (SSSR count). The summed E-state index contributed by atoms with van der Waals surface area (Å²) in [6, 6.07) is -0.369. The molecule has 0 aromatic carbocycles. The topological polar surface area (TPSA) is 70.2 Å². The molecule has 0 spiro atoms. The van der Waals surface area contributed by atoms with Gasteiger partial charge >= 0.3 is 5.97 Å². The van der Waals surface area contributed by atoms with Gasteiger partial charge in [0.15, 0.2) is 0 Å². The summed E-state index contributed by atoms with van der Waals surface area (Å²) >= 11 is 0. The van der Waals surface area contributed by atoms with E-state index in [-0.39, 0.29) is 24.3 Å². The van der Waals surface area contributed by atoms with Crippen LogP contribution in [0.4, 0.5) is 0 Å². The van der Waals surface area contributed by atoms with Crippen LogP contribution in [0.3, 0.4) is 0 Å². The Morgan fingerprint density at radius 2 is 1.78 bits per heavy atom. The van der Waals surface area contributed by atoms with Gasteiger partial charge in [-0.15, -0.1) is 0 Å². The number of methoxy groups -OCH3 is 1. The Hall–Kier alpha value is -1.63. The van der Waals surface area contributed by atoms with Crippen molar-refractivity contribution in [1.29, 1.82) is 0 Å². The van der Waals surface area contributed by atoms with Crippen LogP contribution in [0.25, 0.3) is 0 Å². The van der Waals surface area contributed by atoms with E-state index in [2.05, 4.69) is 9.64 Å². The van der Waals surface area contributed by atoms with E-state index < -0.39 is 11.9 Å². The number of likely N-dealkylation sites (N-methyl/N-ethyl adjacent to an activating group) is 1. The van der Waals surface area contributed by atoms with Crippen LogP contribution >= 0.6 is 0 Å². The molecule has 2 fully saturated rings. The van der Waals surface area contributed by atoms with Gasteiger partial charge in [0.05, 0.1) is 13.5 Å². The predicted octanol–water partition coefficient (Wildman–Crippen LogP) is -0.0494. The summed E-state index contributed by atoms with van der Waals surface area (Å²) in [5, 5.41) is 0. The number of carbonyl (C=O) groups excluding carboxylic acids is 3. The number of hydrogen-bond acceptors (Lipinski definition) is 5. The van der Waals surface area contributed by atoms with E-state index in [1.165, 1.54) is 7.11 Å². The lowest BCUT2D eigenvalue weighted by Gasteiger charge is -2.36. The second kappa shape index (κ2) is 7.77. The molecule has 0 bridgehead atoms. The highest BCUT2D eigenvalue weighted by Gasteiger charge is 2.38. The normalized spacial score (nSPS) is 23.7. The summed E-state index contributed by atoms with van der Waals surface area (Å²) in [7, 11) is 3.36. The van der Waals surface area contributed by atoms with Crippen molar-refractivity contribution in [3.8, 4) is 0 Å². The van der Waals surface area contributed by atoms with Gasteiger partial charge < -0.3 is 19.4 Å². The van der Waals surface area contributed by atoms with Crippen molar-refractivity contribution in [1.82, 2.24) is 14.7 Å². The van der Waals surface area contributed by atoms with Crippen molar-refractivity contribution in [3.05, 3.63) is 0 Å². The second-order valence-corrected chi connectivity index (χ2v) is 6.50. The van der Waals surface area contributed by atoms with Crippen molar-refractivity contribution >= 4 is 17.8 Å². The van der Waals surface area contributed by atoms with Crippen LogP contribution in [0.2, 0.25) is 0 Å². The summed E-state index contributed by atoms with van der Waals surface area (Å²) in [6.45, 7) is 5.47. The Labute approximate surface area is 137 Å².